The second-order valence-electron chi connectivity index (χ2n) is 2.85. The fourth-order valence-corrected chi connectivity index (χ4v) is 1.38. The molecule has 0 aromatic rings. The van der Waals surface area contributed by atoms with Gasteiger partial charge in [-0.2, -0.15) is 0 Å². The zero-order chi connectivity index (χ0) is 8.97. The SMILES string of the molecule is BC1OCOC(COC)C1OC. The van der Waals surface area contributed by atoms with E-state index in [4.69, 9.17) is 18.9 Å². The zero-order valence-corrected chi connectivity index (χ0v) is 7.78. The number of hydrogen-bond donors (Lipinski definition) is 0. The lowest BCUT2D eigenvalue weighted by atomic mass is 9.90. The molecule has 3 unspecified atom stereocenters. The molecule has 0 N–H and O–H groups in total. The molecule has 1 fully saturated rings. The predicted octanol–water partition coefficient (Wildman–Crippen LogP) is -1.02. The highest BCUT2D eigenvalue weighted by molar-refractivity contribution is 6.11. The molecular formula is C7H15BO4. The molecule has 4 nitrogen and oxygen atoms in total. The van der Waals surface area contributed by atoms with Crippen molar-refractivity contribution in [2.45, 2.75) is 18.2 Å². The van der Waals surface area contributed by atoms with Crippen LogP contribution < -0.4 is 0 Å². The maximum absolute atomic E-state index is 5.32. The Kier molecular flexibility index (Phi) is 4.01. The summed E-state index contributed by atoms with van der Waals surface area (Å²) in [5.74, 6) is 0. The van der Waals surface area contributed by atoms with Crippen molar-refractivity contribution >= 4 is 7.85 Å². The maximum Gasteiger partial charge on any atom is 0.146 e. The van der Waals surface area contributed by atoms with Gasteiger partial charge in [0.15, 0.2) is 0 Å². The molecule has 1 rings (SSSR count). The number of methoxy groups -OCH3 is 2. The summed E-state index contributed by atoms with van der Waals surface area (Å²) in [7, 11) is 5.28. The molecule has 70 valence electrons. The standard InChI is InChI=1S/C7H15BO4/c1-9-3-5-6(10-2)7(8)12-4-11-5/h5-7H,3-4,8H2,1-2H3. The Bertz CT molecular complexity index is 131. The van der Waals surface area contributed by atoms with Crippen molar-refractivity contribution < 1.29 is 18.9 Å². The Morgan fingerprint density at radius 3 is 2.75 bits per heavy atom. The van der Waals surface area contributed by atoms with Gasteiger partial charge in [-0.15, -0.1) is 0 Å². The molecule has 1 aliphatic rings. The lowest BCUT2D eigenvalue weighted by molar-refractivity contribution is -0.224. The Morgan fingerprint density at radius 1 is 1.42 bits per heavy atom. The molecule has 0 amide bonds. The molecule has 1 saturated heterocycles. The van der Waals surface area contributed by atoms with Crippen LogP contribution in [0.3, 0.4) is 0 Å². The molecule has 0 radical (unpaired) electrons. The van der Waals surface area contributed by atoms with Gasteiger partial charge < -0.3 is 18.9 Å². The van der Waals surface area contributed by atoms with Crippen molar-refractivity contribution in [2.24, 2.45) is 0 Å². The van der Waals surface area contributed by atoms with E-state index in [1.807, 2.05) is 7.85 Å². The lowest BCUT2D eigenvalue weighted by Crippen LogP contribution is -2.49. The van der Waals surface area contributed by atoms with Crippen LogP contribution in [0.1, 0.15) is 0 Å². The summed E-state index contributed by atoms with van der Waals surface area (Å²) in [6.45, 7) is 0.876. The van der Waals surface area contributed by atoms with Crippen molar-refractivity contribution in [3.63, 3.8) is 0 Å². The van der Waals surface area contributed by atoms with E-state index in [9.17, 15) is 0 Å². The van der Waals surface area contributed by atoms with Crippen LogP contribution in [0.4, 0.5) is 0 Å². The highest BCUT2D eigenvalue weighted by Gasteiger charge is 2.32. The zero-order valence-electron chi connectivity index (χ0n) is 7.78. The average molecular weight is 174 g/mol. The van der Waals surface area contributed by atoms with Crippen LogP contribution in [0.15, 0.2) is 0 Å². The first-order chi connectivity index (χ1) is 5.79. The Hall–Kier alpha value is -0.0951. The second kappa shape index (κ2) is 4.82. The molecule has 1 aliphatic heterocycles. The normalized spacial score (nSPS) is 36.7. The van der Waals surface area contributed by atoms with E-state index < -0.39 is 0 Å². The van der Waals surface area contributed by atoms with E-state index in [0.29, 0.717) is 13.4 Å². The van der Waals surface area contributed by atoms with Crippen LogP contribution in [-0.2, 0) is 18.9 Å². The topological polar surface area (TPSA) is 36.9 Å². The van der Waals surface area contributed by atoms with Gasteiger partial charge in [-0.3, -0.25) is 0 Å². The molecule has 0 aromatic carbocycles. The fourth-order valence-electron chi connectivity index (χ4n) is 1.38. The molecule has 5 heteroatoms. The van der Waals surface area contributed by atoms with Gasteiger partial charge in [0.1, 0.15) is 26.8 Å². The molecule has 1 heterocycles. The minimum atomic E-state index is -0.0290. The van der Waals surface area contributed by atoms with Crippen molar-refractivity contribution in [1.29, 1.82) is 0 Å². The van der Waals surface area contributed by atoms with Crippen molar-refractivity contribution in [2.75, 3.05) is 27.6 Å². The van der Waals surface area contributed by atoms with Gasteiger partial charge in [0.2, 0.25) is 0 Å². The van der Waals surface area contributed by atoms with Crippen LogP contribution in [0, 0.1) is 0 Å². The molecule has 0 aliphatic carbocycles. The highest BCUT2D eigenvalue weighted by Crippen LogP contribution is 2.15. The number of hydrogen-bond acceptors (Lipinski definition) is 4. The molecule has 0 aromatic heterocycles. The Labute approximate surface area is 73.5 Å². The molecular weight excluding hydrogens is 159 g/mol. The minimum Gasteiger partial charge on any atom is -0.382 e. The van der Waals surface area contributed by atoms with Gasteiger partial charge in [-0.1, -0.05) is 0 Å². The summed E-state index contributed by atoms with van der Waals surface area (Å²) in [5.41, 5.74) is 0. The summed E-state index contributed by atoms with van der Waals surface area (Å²) in [6, 6.07) is 0.0731. The molecule has 12 heavy (non-hydrogen) atoms. The quantitative estimate of drug-likeness (QED) is 0.513. The van der Waals surface area contributed by atoms with Crippen molar-refractivity contribution in [3.05, 3.63) is 0 Å². The third-order valence-corrected chi connectivity index (χ3v) is 2.05. The smallest absolute Gasteiger partial charge is 0.146 e. The van der Waals surface area contributed by atoms with E-state index in [1.54, 1.807) is 14.2 Å². The lowest BCUT2D eigenvalue weighted by Gasteiger charge is -2.35. The molecule has 3 atom stereocenters. The monoisotopic (exact) mass is 174 g/mol. The van der Waals surface area contributed by atoms with Gasteiger partial charge in [-0.25, -0.2) is 0 Å². The maximum atomic E-state index is 5.32. The number of ether oxygens (including phenoxy) is 4. The predicted molar refractivity (Wildman–Crippen MR) is 45.8 cm³/mol. The average Bonchev–Trinajstić information content (AvgIpc) is 2.05. The largest absolute Gasteiger partial charge is 0.382 e. The van der Waals surface area contributed by atoms with Crippen LogP contribution in [0.25, 0.3) is 0 Å². The second-order valence-corrected chi connectivity index (χ2v) is 2.85. The van der Waals surface area contributed by atoms with E-state index >= 15 is 0 Å². The van der Waals surface area contributed by atoms with Gasteiger partial charge in [0.25, 0.3) is 0 Å². The molecule has 0 spiro atoms. The Balaban J connectivity index is 2.45. The van der Waals surface area contributed by atoms with Gasteiger partial charge in [-0.05, 0) is 0 Å². The van der Waals surface area contributed by atoms with Crippen LogP contribution in [0.5, 0.6) is 0 Å². The molecule has 0 saturated carbocycles. The third-order valence-electron chi connectivity index (χ3n) is 2.05. The van der Waals surface area contributed by atoms with Crippen LogP contribution >= 0.6 is 0 Å². The first-order valence-electron chi connectivity index (χ1n) is 4.04. The fraction of sp³-hybridized carbons (Fsp3) is 1.00. The Morgan fingerprint density at radius 2 is 2.17 bits per heavy atom. The van der Waals surface area contributed by atoms with Crippen molar-refractivity contribution in [3.8, 4) is 0 Å². The van der Waals surface area contributed by atoms with Gasteiger partial charge >= 0.3 is 0 Å². The van der Waals surface area contributed by atoms with E-state index in [-0.39, 0.29) is 18.2 Å². The summed E-state index contributed by atoms with van der Waals surface area (Å²) < 4.78 is 20.8. The van der Waals surface area contributed by atoms with Gasteiger partial charge in [0.05, 0.1) is 12.6 Å². The summed E-state index contributed by atoms with van der Waals surface area (Å²) in [4.78, 5) is 0. The highest BCUT2D eigenvalue weighted by atomic mass is 16.7. The summed E-state index contributed by atoms with van der Waals surface area (Å²) >= 11 is 0. The third kappa shape index (κ3) is 2.20. The number of rotatable bonds is 3. The minimum absolute atomic E-state index is 0.0104. The summed E-state index contributed by atoms with van der Waals surface area (Å²) in [5, 5.41) is 0. The van der Waals surface area contributed by atoms with E-state index in [2.05, 4.69) is 0 Å². The summed E-state index contributed by atoms with van der Waals surface area (Å²) in [6.07, 6.45) is -0.0394. The van der Waals surface area contributed by atoms with E-state index in [0.717, 1.165) is 0 Å². The van der Waals surface area contributed by atoms with Gasteiger partial charge in [0, 0.05) is 14.2 Å². The van der Waals surface area contributed by atoms with Crippen LogP contribution in [-0.4, -0.2) is 53.7 Å². The molecule has 0 bridgehead atoms. The van der Waals surface area contributed by atoms with Crippen LogP contribution in [0.2, 0.25) is 0 Å². The van der Waals surface area contributed by atoms with E-state index in [1.165, 1.54) is 0 Å². The van der Waals surface area contributed by atoms with Crippen molar-refractivity contribution in [1.82, 2.24) is 0 Å². The first-order valence-corrected chi connectivity index (χ1v) is 4.04. The first kappa shape index (κ1) is 9.99.